The predicted molar refractivity (Wildman–Crippen MR) is 59.2 cm³/mol. The second kappa shape index (κ2) is 5.29. The smallest absolute Gasteiger partial charge is 0.0257 e. The molecule has 0 bridgehead atoms. The maximum absolute atomic E-state index is 5.91. The van der Waals surface area contributed by atoms with Gasteiger partial charge in [0, 0.05) is 5.88 Å². The standard InChI is InChI=1S/C12H17Cl/c1-10(2)12(9-13)8-11-6-4-3-5-7-11/h3-7,10,12H,8-9H2,1-2H3. The molecule has 0 nitrogen and oxygen atoms in total. The number of hydrogen-bond donors (Lipinski definition) is 0. The number of benzene rings is 1. The minimum atomic E-state index is 0.601. The molecule has 0 spiro atoms. The van der Waals surface area contributed by atoms with Crippen LogP contribution in [0.25, 0.3) is 0 Å². The third-order valence-corrected chi connectivity index (χ3v) is 2.88. The molecular weight excluding hydrogens is 180 g/mol. The maximum atomic E-state index is 5.91. The molecule has 0 N–H and O–H groups in total. The van der Waals surface area contributed by atoms with E-state index in [0.717, 1.165) is 12.3 Å². The summed E-state index contributed by atoms with van der Waals surface area (Å²) in [5, 5.41) is 0. The summed E-state index contributed by atoms with van der Waals surface area (Å²) in [6, 6.07) is 10.6. The Kier molecular flexibility index (Phi) is 4.31. The van der Waals surface area contributed by atoms with Crippen LogP contribution >= 0.6 is 11.6 Å². The van der Waals surface area contributed by atoms with Crippen molar-refractivity contribution in [2.45, 2.75) is 20.3 Å². The minimum absolute atomic E-state index is 0.601. The topological polar surface area (TPSA) is 0 Å². The summed E-state index contributed by atoms with van der Waals surface area (Å²) < 4.78 is 0. The van der Waals surface area contributed by atoms with Gasteiger partial charge in [-0.3, -0.25) is 0 Å². The van der Waals surface area contributed by atoms with Crippen molar-refractivity contribution in [2.75, 3.05) is 5.88 Å². The molecule has 0 aromatic heterocycles. The van der Waals surface area contributed by atoms with E-state index >= 15 is 0 Å². The third kappa shape index (κ3) is 3.40. The lowest BCUT2D eigenvalue weighted by atomic mass is 9.91. The second-order valence-electron chi connectivity index (χ2n) is 3.85. The highest BCUT2D eigenvalue weighted by Crippen LogP contribution is 2.18. The molecule has 1 unspecified atom stereocenters. The van der Waals surface area contributed by atoms with Gasteiger partial charge in [0.05, 0.1) is 0 Å². The Hall–Kier alpha value is -0.490. The molecule has 0 fully saturated rings. The van der Waals surface area contributed by atoms with Crippen molar-refractivity contribution >= 4 is 11.6 Å². The van der Waals surface area contributed by atoms with Crippen LogP contribution in [0.4, 0.5) is 0 Å². The lowest BCUT2D eigenvalue weighted by molar-refractivity contribution is 0.422. The zero-order valence-corrected chi connectivity index (χ0v) is 9.09. The Morgan fingerprint density at radius 2 is 1.77 bits per heavy atom. The summed E-state index contributed by atoms with van der Waals surface area (Å²) in [6.45, 7) is 4.46. The van der Waals surface area contributed by atoms with Crippen LogP contribution in [-0.2, 0) is 6.42 Å². The van der Waals surface area contributed by atoms with Crippen LogP contribution in [0.2, 0.25) is 0 Å². The van der Waals surface area contributed by atoms with Crippen LogP contribution in [0.15, 0.2) is 30.3 Å². The lowest BCUT2D eigenvalue weighted by Crippen LogP contribution is -2.13. The molecule has 1 atom stereocenters. The van der Waals surface area contributed by atoms with Crippen molar-refractivity contribution in [3.8, 4) is 0 Å². The van der Waals surface area contributed by atoms with E-state index < -0.39 is 0 Å². The maximum Gasteiger partial charge on any atom is 0.0257 e. The van der Waals surface area contributed by atoms with E-state index in [1.165, 1.54) is 5.56 Å². The molecule has 0 aliphatic rings. The first kappa shape index (κ1) is 10.6. The van der Waals surface area contributed by atoms with E-state index in [-0.39, 0.29) is 0 Å². The van der Waals surface area contributed by atoms with Crippen molar-refractivity contribution < 1.29 is 0 Å². The first-order chi connectivity index (χ1) is 6.24. The van der Waals surface area contributed by atoms with Crippen molar-refractivity contribution in [1.82, 2.24) is 0 Å². The molecule has 1 aromatic rings. The first-order valence-electron chi connectivity index (χ1n) is 4.84. The van der Waals surface area contributed by atoms with Gasteiger partial charge in [0.15, 0.2) is 0 Å². The molecule has 72 valence electrons. The van der Waals surface area contributed by atoms with Gasteiger partial charge in [-0.1, -0.05) is 44.2 Å². The normalized spacial score (nSPS) is 13.2. The molecule has 0 aliphatic heterocycles. The van der Waals surface area contributed by atoms with Gasteiger partial charge in [-0.15, -0.1) is 11.6 Å². The zero-order valence-electron chi connectivity index (χ0n) is 8.33. The zero-order chi connectivity index (χ0) is 9.68. The van der Waals surface area contributed by atoms with Crippen LogP contribution in [0.5, 0.6) is 0 Å². The van der Waals surface area contributed by atoms with Crippen LogP contribution in [0.1, 0.15) is 19.4 Å². The van der Waals surface area contributed by atoms with Gasteiger partial charge in [0.2, 0.25) is 0 Å². The van der Waals surface area contributed by atoms with Crippen molar-refractivity contribution in [3.63, 3.8) is 0 Å². The molecule has 0 saturated heterocycles. The van der Waals surface area contributed by atoms with Crippen LogP contribution in [0, 0.1) is 11.8 Å². The minimum Gasteiger partial charge on any atom is -0.126 e. The van der Waals surface area contributed by atoms with E-state index in [1.807, 2.05) is 0 Å². The summed E-state index contributed by atoms with van der Waals surface area (Å²) in [7, 11) is 0. The SMILES string of the molecule is CC(C)C(CCl)Cc1ccccc1. The Labute approximate surface area is 85.9 Å². The van der Waals surface area contributed by atoms with Crippen molar-refractivity contribution in [3.05, 3.63) is 35.9 Å². The monoisotopic (exact) mass is 196 g/mol. The van der Waals surface area contributed by atoms with E-state index in [0.29, 0.717) is 11.8 Å². The number of rotatable bonds is 4. The number of alkyl halides is 1. The quantitative estimate of drug-likeness (QED) is 0.644. The van der Waals surface area contributed by atoms with Gasteiger partial charge >= 0.3 is 0 Å². The highest BCUT2D eigenvalue weighted by molar-refractivity contribution is 6.18. The molecule has 0 saturated carbocycles. The van der Waals surface area contributed by atoms with E-state index in [2.05, 4.69) is 44.2 Å². The van der Waals surface area contributed by atoms with Gasteiger partial charge in [-0.25, -0.2) is 0 Å². The largest absolute Gasteiger partial charge is 0.126 e. The fraction of sp³-hybridized carbons (Fsp3) is 0.500. The summed E-state index contributed by atoms with van der Waals surface area (Å²) >= 11 is 5.91. The van der Waals surface area contributed by atoms with E-state index in [4.69, 9.17) is 11.6 Å². The Balaban J connectivity index is 2.57. The Morgan fingerprint density at radius 3 is 2.23 bits per heavy atom. The second-order valence-corrected chi connectivity index (χ2v) is 4.16. The van der Waals surface area contributed by atoms with Crippen LogP contribution in [0.3, 0.4) is 0 Å². The van der Waals surface area contributed by atoms with Gasteiger partial charge < -0.3 is 0 Å². The molecule has 0 aliphatic carbocycles. The van der Waals surface area contributed by atoms with Crippen LogP contribution in [-0.4, -0.2) is 5.88 Å². The molecule has 0 heterocycles. The Morgan fingerprint density at radius 1 is 1.15 bits per heavy atom. The molecule has 1 aromatic carbocycles. The first-order valence-corrected chi connectivity index (χ1v) is 5.37. The average molecular weight is 197 g/mol. The van der Waals surface area contributed by atoms with Gasteiger partial charge in [0.25, 0.3) is 0 Å². The summed E-state index contributed by atoms with van der Waals surface area (Å²) in [5.74, 6) is 2.02. The summed E-state index contributed by atoms with van der Waals surface area (Å²) in [4.78, 5) is 0. The fourth-order valence-electron chi connectivity index (χ4n) is 1.39. The third-order valence-electron chi connectivity index (χ3n) is 2.48. The number of halogens is 1. The molecule has 1 heteroatoms. The molecule has 0 radical (unpaired) electrons. The van der Waals surface area contributed by atoms with Gasteiger partial charge in [0.1, 0.15) is 0 Å². The lowest BCUT2D eigenvalue weighted by Gasteiger charge is -2.17. The molecule has 1 rings (SSSR count). The van der Waals surface area contributed by atoms with E-state index in [9.17, 15) is 0 Å². The number of hydrogen-bond acceptors (Lipinski definition) is 0. The molecule has 0 amide bonds. The summed E-state index contributed by atoms with van der Waals surface area (Å²) in [5.41, 5.74) is 1.39. The average Bonchev–Trinajstić information content (AvgIpc) is 2.15. The Bertz CT molecular complexity index is 228. The highest BCUT2D eigenvalue weighted by atomic mass is 35.5. The van der Waals surface area contributed by atoms with Gasteiger partial charge in [-0.05, 0) is 23.8 Å². The molecule has 13 heavy (non-hydrogen) atoms. The highest BCUT2D eigenvalue weighted by Gasteiger charge is 2.12. The van der Waals surface area contributed by atoms with Crippen molar-refractivity contribution in [1.29, 1.82) is 0 Å². The van der Waals surface area contributed by atoms with Crippen molar-refractivity contribution in [2.24, 2.45) is 11.8 Å². The predicted octanol–water partition coefficient (Wildman–Crippen LogP) is 3.74. The summed E-state index contributed by atoms with van der Waals surface area (Å²) in [6.07, 6.45) is 1.10. The van der Waals surface area contributed by atoms with E-state index in [1.54, 1.807) is 0 Å². The molecular formula is C12H17Cl. The fourth-order valence-corrected chi connectivity index (χ4v) is 1.85. The van der Waals surface area contributed by atoms with Crippen LogP contribution < -0.4 is 0 Å². The van der Waals surface area contributed by atoms with Gasteiger partial charge in [-0.2, -0.15) is 0 Å².